The topological polar surface area (TPSA) is 63.7 Å². The smallest absolute Gasteiger partial charge is 0.231 e. The Morgan fingerprint density at radius 2 is 2.14 bits per heavy atom. The maximum Gasteiger partial charge on any atom is 0.231 e. The van der Waals surface area contributed by atoms with Crippen LogP contribution in [-0.2, 0) is 11.2 Å². The van der Waals surface area contributed by atoms with Crippen molar-refractivity contribution < 1.29 is 14.3 Å². The number of hydrogen-bond donors (Lipinski definition) is 1. The number of hydrogen-bond acceptors (Lipinski definition) is 5. The molecule has 0 aromatic carbocycles. The van der Waals surface area contributed by atoms with Gasteiger partial charge in [-0.05, 0) is 31.8 Å². The summed E-state index contributed by atoms with van der Waals surface area (Å²) in [6, 6.07) is 2.09. The van der Waals surface area contributed by atoms with E-state index < -0.39 is 0 Å². The number of ether oxygens (including phenoxy) is 2. The first-order chi connectivity index (χ1) is 10.3. The van der Waals surface area contributed by atoms with Gasteiger partial charge in [-0.3, -0.25) is 9.78 Å². The van der Waals surface area contributed by atoms with Crippen molar-refractivity contribution in [3.05, 3.63) is 18.0 Å². The minimum Gasteiger partial charge on any atom is -0.453 e. The molecule has 0 unspecified atom stereocenters. The van der Waals surface area contributed by atoms with Crippen LogP contribution < -0.4 is 14.8 Å². The summed E-state index contributed by atoms with van der Waals surface area (Å²) in [5.74, 6) is 2.01. The first-order valence-corrected chi connectivity index (χ1v) is 7.54. The summed E-state index contributed by atoms with van der Waals surface area (Å²) in [5, 5.41) is 3.17. The molecule has 1 atom stereocenters. The molecule has 0 radical (unpaired) electrons. The molecule has 5 heterocycles. The molecule has 4 aliphatic rings. The van der Waals surface area contributed by atoms with Crippen molar-refractivity contribution in [2.24, 2.45) is 5.92 Å². The van der Waals surface area contributed by atoms with Crippen molar-refractivity contribution in [1.82, 2.24) is 15.2 Å². The number of nitrogens with zero attached hydrogens (tertiary/aromatic N) is 2. The Kier molecular flexibility index (Phi) is 3.18. The summed E-state index contributed by atoms with van der Waals surface area (Å²) in [4.78, 5) is 18.9. The first kappa shape index (κ1) is 12.9. The van der Waals surface area contributed by atoms with E-state index in [1.807, 2.05) is 0 Å². The van der Waals surface area contributed by atoms with Gasteiger partial charge in [0, 0.05) is 18.7 Å². The lowest BCUT2D eigenvalue weighted by Gasteiger charge is -2.44. The Labute approximate surface area is 123 Å². The highest BCUT2D eigenvalue weighted by Crippen LogP contribution is 2.31. The van der Waals surface area contributed by atoms with Gasteiger partial charge in [0.05, 0.1) is 18.3 Å². The number of pyridine rings is 1. The molecule has 1 aromatic rings. The highest BCUT2D eigenvalue weighted by Gasteiger charge is 2.34. The molecule has 6 heteroatoms. The fraction of sp³-hybridized carbons (Fsp3) is 0.600. The Bertz CT molecular complexity index is 555. The molecular formula is C15H19N3O3. The average Bonchev–Trinajstić information content (AvgIpc) is 2.96. The van der Waals surface area contributed by atoms with E-state index in [1.54, 1.807) is 12.3 Å². The van der Waals surface area contributed by atoms with E-state index in [0.717, 1.165) is 12.2 Å². The summed E-state index contributed by atoms with van der Waals surface area (Å²) >= 11 is 0. The van der Waals surface area contributed by atoms with Crippen molar-refractivity contribution in [3.63, 3.8) is 0 Å². The van der Waals surface area contributed by atoms with Crippen LogP contribution in [-0.4, -0.2) is 48.3 Å². The second kappa shape index (κ2) is 5.18. The van der Waals surface area contributed by atoms with Crippen molar-refractivity contribution in [3.8, 4) is 11.5 Å². The Morgan fingerprint density at radius 1 is 1.33 bits per heavy atom. The maximum absolute atomic E-state index is 12.2. The largest absolute Gasteiger partial charge is 0.453 e. The Balaban J connectivity index is 1.37. The lowest BCUT2D eigenvalue weighted by molar-refractivity contribution is -0.122. The molecule has 3 saturated heterocycles. The van der Waals surface area contributed by atoms with Gasteiger partial charge in [-0.1, -0.05) is 0 Å². The van der Waals surface area contributed by atoms with Gasteiger partial charge in [-0.25, -0.2) is 0 Å². The molecule has 5 rings (SSSR count). The molecule has 112 valence electrons. The molecule has 0 saturated carbocycles. The second-order valence-electron chi connectivity index (χ2n) is 6.02. The van der Waals surface area contributed by atoms with E-state index in [2.05, 4.69) is 15.2 Å². The van der Waals surface area contributed by atoms with Crippen LogP contribution in [0, 0.1) is 5.92 Å². The molecule has 21 heavy (non-hydrogen) atoms. The first-order valence-electron chi connectivity index (χ1n) is 7.54. The molecule has 0 spiro atoms. The molecule has 0 aliphatic carbocycles. The van der Waals surface area contributed by atoms with Crippen molar-refractivity contribution in [1.29, 1.82) is 0 Å². The quantitative estimate of drug-likeness (QED) is 0.881. The monoisotopic (exact) mass is 289 g/mol. The molecule has 1 amide bonds. The van der Waals surface area contributed by atoms with Crippen LogP contribution in [0.25, 0.3) is 0 Å². The third kappa shape index (κ3) is 2.55. The van der Waals surface area contributed by atoms with Crippen LogP contribution in [0.1, 0.15) is 18.5 Å². The Hall–Kier alpha value is -1.82. The number of fused-ring (bicyclic) bond motifs is 4. The highest BCUT2D eigenvalue weighted by molar-refractivity contribution is 5.78. The average molecular weight is 289 g/mol. The zero-order valence-electron chi connectivity index (χ0n) is 11.9. The van der Waals surface area contributed by atoms with Crippen LogP contribution in [0.3, 0.4) is 0 Å². The van der Waals surface area contributed by atoms with E-state index in [9.17, 15) is 4.79 Å². The van der Waals surface area contributed by atoms with Crippen LogP contribution in [0.4, 0.5) is 0 Å². The lowest BCUT2D eigenvalue weighted by atomic mass is 9.84. The maximum atomic E-state index is 12.2. The number of nitrogens with one attached hydrogen (secondary N) is 1. The van der Waals surface area contributed by atoms with Crippen LogP contribution in [0.5, 0.6) is 11.5 Å². The minimum atomic E-state index is 0.0418. The second-order valence-corrected chi connectivity index (χ2v) is 6.02. The number of amides is 1. The zero-order valence-corrected chi connectivity index (χ0v) is 11.9. The van der Waals surface area contributed by atoms with Crippen LogP contribution in [0.15, 0.2) is 12.3 Å². The number of carbonyl (C=O) groups is 1. The summed E-state index contributed by atoms with van der Waals surface area (Å²) in [5.41, 5.74) is 0.720. The van der Waals surface area contributed by atoms with Crippen molar-refractivity contribution in [2.75, 3.05) is 26.4 Å². The summed E-state index contributed by atoms with van der Waals surface area (Å²) in [6.07, 6.45) is 4.32. The van der Waals surface area contributed by atoms with Crippen molar-refractivity contribution >= 4 is 5.91 Å². The predicted molar refractivity (Wildman–Crippen MR) is 75.2 cm³/mol. The van der Waals surface area contributed by atoms with Gasteiger partial charge in [0.15, 0.2) is 11.5 Å². The molecule has 3 fully saturated rings. The van der Waals surface area contributed by atoms with E-state index in [4.69, 9.17) is 9.47 Å². The molecule has 4 aliphatic heterocycles. The van der Waals surface area contributed by atoms with Crippen LogP contribution in [0.2, 0.25) is 0 Å². The van der Waals surface area contributed by atoms with E-state index >= 15 is 0 Å². The molecule has 1 N–H and O–H groups in total. The standard InChI is InChI=1S/C15H19N3O3/c19-15(17-12-8-18-3-1-10(12)2-4-18)6-11-5-13-14(7-16-11)21-9-20-13/h5,7,10,12H,1-4,6,8-9H2,(H,17,19)/t12-/m0/s1. The normalized spacial score (nSPS) is 29.4. The predicted octanol–water partition coefficient (Wildman–Crippen LogP) is 0.563. The minimum absolute atomic E-state index is 0.0418. The number of rotatable bonds is 3. The van der Waals surface area contributed by atoms with Gasteiger partial charge in [-0.2, -0.15) is 0 Å². The summed E-state index contributed by atoms with van der Waals surface area (Å²) < 4.78 is 10.5. The number of aromatic nitrogens is 1. The van der Waals surface area contributed by atoms with E-state index in [1.165, 1.54) is 25.9 Å². The van der Waals surface area contributed by atoms with Gasteiger partial charge in [0.2, 0.25) is 12.7 Å². The molecular weight excluding hydrogens is 270 g/mol. The van der Waals surface area contributed by atoms with Crippen molar-refractivity contribution in [2.45, 2.75) is 25.3 Å². The third-order valence-electron chi connectivity index (χ3n) is 4.66. The highest BCUT2D eigenvalue weighted by atomic mass is 16.7. The summed E-state index contributed by atoms with van der Waals surface area (Å²) in [7, 11) is 0. The van der Waals surface area contributed by atoms with Crippen LogP contribution >= 0.6 is 0 Å². The van der Waals surface area contributed by atoms with Gasteiger partial charge in [-0.15, -0.1) is 0 Å². The molecule has 2 bridgehead atoms. The van der Waals surface area contributed by atoms with Gasteiger partial charge >= 0.3 is 0 Å². The molecule has 1 aromatic heterocycles. The van der Waals surface area contributed by atoms with E-state index in [-0.39, 0.29) is 12.7 Å². The Morgan fingerprint density at radius 3 is 2.90 bits per heavy atom. The number of carbonyl (C=O) groups excluding carboxylic acids is 1. The SMILES string of the molecule is O=C(Cc1cc2c(cn1)OCO2)N[C@H]1CN2CCC1CC2. The van der Waals surface area contributed by atoms with Gasteiger partial charge in [0.1, 0.15) is 0 Å². The fourth-order valence-electron chi connectivity index (χ4n) is 3.49. The van der Waals surface area contributed by atoms with Gasteiger partial charge in [0.25, 0.3) is 0 Å². The van der Waals surface area contributed by atoms with Gasteiger partial charge < -0.3 is 19.7 Å². The van der Waals surface area contributed by atoms with E-state index in [0.29, 0.717) is 29.9 Å². The summed E-state index contributed by atoms with van der Waals surface area (Å²) in [6.45, 7) is 3.58. The third-order valence-corrected chi connectivity index (χ3v) is 4.66. The number of piperidine rings is 3. The lowest BCUT2D eigenvalue weighted by Crippen LogP contribution is -2.57. The molecule has 6 nitrogen and oxygen atoms in total. The zero-order chi connectivity index (χ0) is 14.2. The fourth-order valence-corrected chi connectivity index (χ4v) is 3.49.